The summed E-state index contributed by atoms with van der Waals surface area (Å²) in [5.41, 5.74) is 4.55. The number of hydrogen-bond donors (Lipinski definition) is 1. The van der Waals surface area contributed by atoms with Crippen molar-refractivity contribution in [2.75, 3.05) is 5.32 Å². The zero-order valence-electron chi connectivity index (χ0n) is 15.3. The van der Waals surface area contributed by atoms with Crippen LogP contribution in [0.1, 0.15) is 41.0 Å². The summed E-state index contributed by atoms with van der Waals surface area (Å²) in [6.07, 6.45) is 4.25. The van der Waals surface area contributed by atoms with E-state index in [2.05, 4.69) is 41.1 Å². The minimum absolute atomic E-state index is 0.165. The van der Waals surface area contributed by atoms with E-state index in [0.717, 1.165) is 48.6 Å². The lowest BCUT2D eigenvalue weighted by atomic mass is 10.1. The number of halogens is 1. The SMILES string of the molecule is Cc1ccc(-c2nc(C(=O)Nc3ccc(Cl)cc3)c3n2CCCCC3)cc1. The summed E-state index contributed by atoms with van der Waals surface area (Å²) >= 11 is 5.93. The highest BCUT2D eigenvalue weighted by Gasteiger charge is 2.24. The number of fused-ring (bicyclic) bond motifs is 1. The van der Waals surface area contributed by atoms with E-state index in [1.807, 2.05) is 0 Å². The largest absolute Gasteiger partial charge is 0.327 e. The molecule has 2 heterocycles. The van der Waals surface area contributed by atoms with Gasteiger partial charge in [-0.25, -0.2) is 4.98 Å². The van der Waals surface area contributed by atoms with E-state index < -0.39 is 0 Å². The van der Waals surface area contributed by atoms with E-state index in [-0.39, 0.29) is 5.91 Å². The molecular formula is C22H22ClN3O. The Morgan fingerprint density at radius 1 is 1.04 bits per heavy atom. The summed E-state index contributed by atoms with van der Waals surface area (Å²) in [7, 11) is 0. The van der Waals surface area contributed by atoms with Crippen LogP contribution < -0.4 is 5.32 Å². The Bertz CT molecular complexity index is 958. The first-order valence-corrected chi connectivity index (χ1v) is 9.73. The normalized spacial score (nSPS) is 13.7. The molecule has 4 rings (SSSR count). The van der Waals surface area contributed by atoms with Gasteiger partial charge in [-0.15, -0.1) is 0 Å². The average Bonchev–Trinajstić information content (AvgIpc) is 2.86. The van der Waals surface area contributed by atoms with Crippen LogP contribution in [0.4, 0.5) is 5.69 Å². The summed E-state index contributed by atoms with van der Waals surface area (Å²) in [6.45, 7) is 2.97. The molecule has 1 aromatic heterocycles. The number of carbonyl (C=O) groups is 1. The maximum Gasteiger partial charge on any atom is 0.276 e. The van der Waals surface area contributed by atoms with Crippen molar-refractivity contribution >= 4 is 23.2 Å². The molecule has 0 saturated heterocycles. The number of benzene rings is 2. The predicted octanol–water partition coefficient (Wildman–Crippen LogP) is 5.49. The molecule has 0 radical (unpaired) electrons. The third-order valence-corrected chi connectivity index (χ3v) is 5.25. The van der Waals surface area contributed by atoms with Crippen LogP contribution in [-0.4, -0.2) is 15.5 Å². The smallest absolute Gasteiger partial charge is 0.276 e. The highest BCUT2D eigenvalue weighted by Crippen LogP contribution is 2.28. The number of rotatable bonds is 3. The molecule has 0 saturated carbocycles. The Labute approximate surface area is 164 Å². The van der Waals surface area contributed by atoms with Crippen molar-refractivity contribution in [1.82, 2.24) is 9.55 Å². The van der Waals surface area contributed by atoms with Gasteiger partial charge >= 0.3 is 0 Å². The molecule has 3 aromatic rings. The fraction of sp³-hybridized carbons (Fsp3) is 0.273. The van der Waals surface area contributed by atoms with Gasteiger partial charge in [0.05, 0.1) is 5.69 Å². The standard InChI is InChI=1S/C22H22ClN3O/c1-15-6-8-16(9-7-15)21-25-20(19-5-3-2-4-14-26(19)21)22(27)24-18-12-10-17(23)11-13-18/h6-13H,2-5,14H2,1H3,(H,24,27). The van der Waals surface area contributed by atoms with Gasteiger partial charge < -0.3 is 9.88 Å². The second-order valence-corrected chi connectivity index (χ2v) is 7.46. The third-order valence-electron chi connectivity index (χ3n) is 4.99. The zero-order valence-corrected chi connectivity index (χ0v) is 16.1. The first kappa shape index (κ1) is 17.8. The second-order valence-electron chi connectivity index (χ2n) is 7.02. The Balaban J connectivity index is 1.72. The topological polar surface area (TPSA) is 46.9 Å². The molecule has 1 aliphatic rings. The number of aryl methyl sites for hydroxylation is 1. The second kappa shape index (κ2) is 7.57. The van der Waals surface area contributed by atoms with Crippen LogP contribution in [0.2, 0.25) is 5.02 Å². The zero-order chi connectivity index (χ0) is 18.8. The fourth-order valence-corrected chi connectivity index (χ4v) is 3.67. The minimum Gasteiger partial charge on any atom is -0.327 e. The molecule has 0 spiro atoms. The highest BCUT2D eigenvalue weighted by atomic mass is 35.5. The van der Waals surface area contributed by atoms with Crippen LogP contribution in [0.3, 0.4) is 0 Å². The number of imidazole rings is 1. The minimum atomic E-state index is -0.165. The molecule has 5 heteroatoms. The molecule has 2 aromatic carbocycles. The molecule has 0 bridgehead atoms. The monoisotopic (exact) mass is 379 g/mol. The molecule has 0 atom stereocenters. The first-order valence-electron chi connectivity index (χ1n) is 9.35. The Morgan fingerprint density at radius 2 is 1.78 bits per heavy atom. The summed E-state index contributed by atoms with van der Waals surface area (Å²) < 4.78 is 2.23. The number of hydrogen-bond acceptors (Lipinski definition) is 2. The summed E-state index contributed by atoms with van der Waals surface area (Å²) in [5.74, 6) is 0.717. The molecule has 0 fully saturated rings. The van der Waals surface area contributed by atoms with E-state index in [0.29, 0.717) is 10.7 Å². The maximum atomic E-state index is 13.0. The lowest BCUT2D eigenvalue weighted by molar-refractivity contribution is 0.102. The van der Waals surface area contributed by atoms with Gasteiger partial charge in [-0.2, -0.15) is 0 Å². The molecular weight excluding hydrogens is 358 g/mol. The number of anilines is 1. The molecule has 0 unspecified atom stereocenters. The van der Waals surface area contributed by atoms with Gasteiger partial charge in [-0.1, -0.05) is 47.9 Å². The molecule has 27 heavy (non-hydrogen) atoms. The number of nitrogens with zero attached hydrogens (tertiary/aromatic N) is 2. The van der Waals surface area contributed by atoms with Crippen molar-refractivity contribution in [3.63, 3.8) is 0 Å². The van der Waals surface area contributed by atoms with Crippen molar-refractivity contribution in [1.29, 1.82) is 0 Å². The molecule has 138 valence electrons. The molecule has 1 aliphatic heterocycles. The van der Waals surface area contributed by atoms with Gasteiger partial charge in [0, 0.05) is 22.8 Å². The lowest BCUT2D eigenvalue weighted by Gasteiger charge is -2.09. The van der Waals surface area contributed by atoms with E-state index in [9.17, 15) is 4.79 Å². The molecule has 0 aliphatic carbocycles. The van der Waals surface area contributed by atoms with E-state index in [4.69, 9.17) is 16.6 Å². The van der Waals surface area contributed by atoms with Crippen LogP contribution in [-0.2, 0) is 13.0 Å². The van der Waals surface area contributed by atoms with Gasteiger partial charge in [0.15, 0.2) is 0 Å². The van der Waals surface area contributed by atoms with Gasteiger partial charge in [0.25, 0.3) is 5.91 Å². The van der Waals surface area contributed by atoms with Crippen molar-refractivity contribution in [3.8, 4) is 11.4 Å². The van der Waals surface area contributed by atoms with E-state index in [1.54, 1.807) is 24.3 Å². The number of aromatic nitrogens is 2. The van der Waals surface area contributed by atoms with Gasteiger partial charge in [0.2, 0.25) is 0 Å². The summed E-state index contributed by atoms with van der Waals surface area (Å²) in [4.78, 5) is 17.7. The summed E-state index contributed by atoms with van der Waals surface area (Å²) in [6, 6.07) is 15.5. The van der Waals surface area contributed by atoms with Gasteiger partial charge in [-0.05, 0) is 50.5 Å². The Hall–Kier alpha value is -2.59. The van der Waals surface area contributed by atoms with Crippen LogP contribution >= 0.6 is 11.6 Å². The quantitative estimate of drug-likeness (QED) is 0.654. The lowest BCUT2D eigenvalue weighted by Crippen LogP contribution is -2.15. The summed E-state index contributed by atoms with van der Waals surface area (Å²) in [5, 5.41) is 3.60. The number of nitrogens with one attached hydrogen (secondary N) is 1. The van der Waals surface area contributed by atoms with Crippen molar-refractivity contribution in [3.05, 3.63) is 70.5 Å². The van der Waals surface area contributed by atoms with Crippen LogP contribution in [0.5, 0.6) is 0 Å². The van der Waals surface area contributed by atoms with Crippen LogP contribution in [0.25, 0.3) is 11.4 Å². The highest BCUT2D eigenvalue weighted by molar-refractivity contribution is 6.30. The average molecular weight is 380 g/mol. The Kier molecular flexibility index (Phi) is 4.99. The van der Waals surface area contributed by atoms with Crippen molar-refractivity contribution in [2.45, 2.75) is 39.2 Å². The van der Waals surface area contributed by atoms with Gasteiger partial charge in [-0.3, -0.25) is 4.79 Å². The number of amides is 1. The van der Waals surface area contributed by atoms with E-state index >= 15 is 0 Å². The van der Waals surface area contributed by atoms with Crippen molar-refractivity contribution in [2.24, 2.45) is 0 Å². The van der Waals surface area contributed by atoms with Crippen LogP contribution in [0, 0.1) is 6.92 Å². The number of carbonyl (C=O) groups excluding carboxylic acids is 1. The van der Waals surface area contributed by atoms with E-state index in [1.165, 1.54) is 12.0 Å². The predicted molar refractivity (Wildman–Crippen MR) is 109 cm³/mol. The fourth-order valence-electron chi connectivity index (χ4n) is 3.55. The molecule has 4 nitrogen and oxygen atoms in total. The van der Waals surface area contributed by atoms with Crippen LogP contribution in [0.15, 0.2) is 48.5 Å². The van der Waals surface area contributed by atoms with Crippen molar-refractivity contribution < 1.29 is 4.79 Å². The third kappa shape index (κ3) is 3.76. The first-order chi connectivity index (χ1) is 13.1. The van der Waals surface area contributed by atoms with Gasteiger partial charge in [0.1, 0.15) is 11.5 Å². The molecule has 1 N–H and O–H groups in total. The Morgan fingerprint density at radius 3 is 2.52 bits per heavy atom. The maximum absolute atomic E-state index is 13.0. The molecule has 1 amide bonds.